The largest absolute Gasteiger partial charge is 0.476 e. The number of rotatable bonds is 4. The molecule has 0 aliphatic heterocycles. The third-order valence-electron chi connectivity index (χ3n) is 3.02. The Balaban J connectivity index is 2.02. The molecule has 110 valence electrons. The summed E-state index contributed by atoms with van der Waals surface area (Å²) in [7, 11) is 0. The van der Waals surface area contributed by atoms with Crippen molar-refractivity contribution in [3.63, 3.8) is 0 Å². The first-order valence-corrected chi connectivity index (χ1v) is 7.37. The number of hydrogen-bond donors (Lipinski definition) is 1. The summed E-state index contributed by atoms with van der Waals surface area (Å²) < 4.78 is 1.43. The predicted octanol–water partition coefficient (Wildman–Crippen LogP) is 2.90. The van der Waals surface area contributed by atoms with E-state index in [-0.39, 0.29) is 5.69 Å². The van der Waals surface area contributed by atoms with Gasteiger partial charge >= 0.3 is 5.97 Å². The number of nitrogens with zero attached hydrogens (tertiary/aromatic N) is 4. The molecular formula is C15H12N4O2S. The van der Waals surface area contributed by atoms with E-state index in [2.05, 4.69) is 15.3 Å². The maximum atomic E-state index is 11.3. The molecule has 0 aliphatic carbocycles. The van der Waals surface area contributed by atoms with E-state index in [4.69, 9.17) is 0 Å². The second kappa shape index (κ2) is 5.90. The topological polar surface area (TPSA) is 80.9 Å². The smallest absolute Gasteiger partial charge is 0.358 e. The maximum absolute atomic E-state index is 11.3. The first-order valence-electron chi connectivity index (χ1n) is 6.49. The fourth-order valence-electron chi connectivity index (χ4n) is 1.91. The zero-order valence-corrected chi connectivity index (χ0v) is 12.5. The SMILES string of the molecule is Cc1ccc(/C=C/c2c(C(=O)O)nnn2-c2nccs2)cc1. The highest BCUT2D eigenvalue weighted by Crippen LogP contribution is 2.18. The highest BCUT2D eigenvalue weighted by atomic mass is 32.1. The zero-order valence-electron chi connectivity index (χ0n) is 11.7. The minimum atomic E-state index is -1.12. The average molecular weight is 312 g/mol. The van der Waals surface area contributed by atoms with Gasteiger partial charge in [-0.1, -0.05) is 41.1 Å². The summed E-state index contributed by atoms with van der Waals surface area (Å²) in [4.78, 5) is 15.4. The second-order valence-electron chi connectivity index (χ2n) is 4.60. The summed E-state index contributed by atoms with van der Waals surface area (Å²) >= 11 is 1.36. The van der Waals surface area contributed by atoms with Gasteiger partial charge in [-0.25, -0.2) is 9.78 Å². The molecule has 22 heavy (non-hydrogen) atoms. The van der Waals surface area contributed by atoms with Crippen LogP contribution in [0.3, 0.4) is 0 Å². The van der Waals surface area contributed by atoms with Gasteiger partial charge in [-0.15, -0.1) is 16.4 Å². The van der Waals surface area contributed by atoms with E-state index >= 15 is 0 Å². The summed E-state index contributed by atoms with van der Waals surface area (Å²) in [5.41, 5.74) is 2.42. The van der Waals surface area contributed by atoms with Crippen molar-refractivity contribution in [2.24, 2.45) is 0 Å². The van der Waals surface area contributed by atoms with E-state index < -0.39 is 5.97 Å². The van der Waals surface area contributed by atoms with Crippen LogP contribution in [0.15, 0.2) is 35.8 Å². The summed E-state index contributed by atoms with van der Waals surface area (Å²) in [5.74, 6) is -1.12. The molecule has 3 rings (SSSR count). The highest BCUT2D eigenvalue weighted by molar-refractivity contribution is 7.12. The highest BCUT2D eigenvalue weighted by Gasteiger charge is 2.18. The Hall–Kier alpha value is -2.80. The molecule has 1 N–H and O–H groups in total. The number of carboxylic acids is 1. The van der Waals surface area contributed by atoms with Crippen molar-refractivity contribution in [1.82, 2.24) is 20.0 Å². The first kappa shape index (κ1) is 14.2. The standard InChI is InChI=1S/C15H12N4O2S/c1-10-2-4-11(5-3-10)6-7-12-13(14(20)21)17-18-19(12)15-16-8-9-22-15/h2-9H,1H3,(H,20,21)/b7-6+. The Morgan fingerprint density at radius 3 is 2.68 bits per heavy atom. The molecule has 1 aromatic carbocycles. The minimum Gasteiger partial charge on any atom is -0.476 e. The lowest BCUT2D eigenvalue weighted by molar-refractivity contribution is 0.0690. The van der Waals surface area contributed by atoms with E-state index in [1.807, 2.05) is 37.3 Å². The van der Waals surface area contributed by atoms with Crippen molar-refractivity contribution in [3.05, 3.63) is 58.4 Å². The molecule has 0 bridgehead atoms. The molecule has 2 aromatic heterocycles. The van der Waals surface area contributed by atoms with Crippen LogP contribution in [0.25, 0.3) is 17.3 Å². The zero-order chi connectivity index (χ0) is 15.5. The van der Waals surface area contributed by atoms with Gasteiger partial charge in [-0.05, 0) is 18.6 Å². The first-order chi connectivity index (χ1) is 10.6. The Kier molecular flexibility index (Phi) is 3.80. The molecule has 7 heteroatoms. The van der Waals surface area contributed by atoms with Crippen molar-refractivity contribution >= 4 is 29.5 Å². The minimum absolute atomic E-state index is 0.0986. The van der Waals surface area contributed by atoms with Crippen LogP contribution in [0.2, 0.25) is 0 Å². The molecule has 0 radical (unpaired) electrons. The summed E-state index contributed by atoms with van der Waals surface area (Å²) in [6.45, 7) is 2.01. The molecule has 6 nitrogen and oxygen atoms in total. The van der Waals surface area contributed by atoms with Crippen LogP contribution < -0.4 is 0 Å². The molecule has 0 spiro atoms. The average Bonchev–Trinajstić information content (AvgIpc) is 3.15. The lowest BCUT2D eigenvalue weighted by Crippen LogP contribution is -2.02. The number of carbonyl (C=O) groups is 1. The molecule has 0 fully saturated rings. The number of aromatic carboxylic acids is 1. The molecule has 0 saturated carbocycles. The summed E-state index contributed by atoms with van der Waals surface area (Å²) in [6, 6.07) is 7.91. The van der Waals surface area contributed by atoms with Gasteiger partial charge in [0, 0.05) is 11.6 Å². The normalized spacial score (nSPS) is 11.1. The predicted molar refractivity (Wildman–Crippen MR) is 84.1 cm³/mol. The van der Waals surface area contributed by atoms with Crippen LogP contribution in [0.1, 0.15) is 27.3 Å². The van der Waals surface area contributed by atoms with E-state index in [1.54, 1.807) is 17.7 Å². The van der Waals surface area contributed by atoms with Gasteiger partial charge in [0.15, 0.2) is 5.69 Å². The van der Waals surface area contributed by atoms with Crippen molar-refractivity contribution < 1.29 is 9.90 Å². The number of carboxylic acid groups (broad SMARTS) is 1. The van der Waals surface area contributed by atoms with Crippen molar-refractivity contribution in [2.75, 3.05) is 0 Å². The van der Waals surface area contributed by atoms with Gasteiger partial charge in [-0.2, -0.15) is 4.68 Å². The Bertz CT molecular complexity index is 820. The monoisotopic (exact) mass is 312 g/mol. The Morgan fingerprint density at radius 2 is 2.05 bits per heavy atom. The van der Waals surface area contributed by atoms with Crippen molar-refractivity contribution in [2.45, 2.75) is 6.92 Å². The molecule has 0 saturated heterocycles. The molecular weight excluding hydrogens is 300 g/mol. The molecule has 0 unspecified atom stereocenters. The van der Waals surface area contributed by atoms with Crippen LogP contribution in [-0.2, 0) is 0 Å². The fraction of sp³-hybridized carbons (Fsp3) is 0.0667. The van der Waals surface area contributed by atoms with Crippen LogP contribution in [0.5, 0.6) is 0 Å². The fourth-order valence-corrected chi connectivity index (χ4v) is 2.51. The van der Waals surface area contributed by atoms with E-state index in [1.165, 1.54) is 16.0 Å². The van der Waals surface area contributed by atoms with Gasteiger partial charge in [0.05, 0.1) is 0 Å². The third-order valence-corrected chi connectivity index (χ3v) is 3.77. The molecule has 3 aromatic rings. The lowest BCUT2D eigenvalue weighted by Gasteiger charge is -1.99. The molecule has 0 atom stereocenters. The number of benzene rings is 1. The second-order valence-corrected chi connectivity index (χ2v) is 5.47. The van der Waals surface area contributed by atoms with Crippen LogP contribution in [-0.4, -0.2) is 31.1 Å². The van der Waals surface area contributed by atoms with E-state index in [9.17, 15) is 9.90 Å². The third kappa shape index (κ3) is 2.79. The van der Waals surface area contributed by atoms with E-state index in [0.717, 1.165) is 11.1 Å². The lowest BCUT2D eigenvalue weighted by atomic mass is 10.1. The van der Waals surface area contributed by atoms with Crippen LogP contribution in [0, 0.1) is 6.92 Å². The van der Waals surface area contributed by atoms with Gasteiger partial charge < -0.3 is 5.11 Å². The quantitative estimate of drug-likeness (QED) is 0.801. The number of aryl methyl sites for hydroxylation is 1. The number of hydrogen-bond acceptors (Lipinski definition) is 5. The molecule has 0 aliphatic rings. The van der Waals surface area contributed by atoms with Crippen molar-refractivity contribution in [3.8, 4) is 5.13 Å². The number of thiazole rings is 1. The Morgan fingerprint density at radius 1 is 1.27 bits per heavy atom. The molecule has 2 heterocycles. The Labute approximate surface area is 130 Å². The number of aromatic nitrogens is 4. The maximum Gasteiger partial charge on any atom is 0.358 e. The van der Waals surface area contributed by atoms with Crippen LogP contribution >= 0.6 is 11.3 Å². The van der Waals surface area contributed by atoms with Crippen LogP contribution in [0.4, 0.5) is 0 Å². The molecule has 0 amide bonds. The van der Waals surface area contributed by atoms with Gasteiger partial charge in [0.1, 0.15) is 5.69 Å². The summed E-state index contributed by atoms with van der Waals surface area (Å²) in [6.07, 6.45) is 5.15. The summed E-state index contributed by atoms with van der Waals surface area (Å²) in [5, 5.41) is 19.2. The van der Waals surface area contributed by atoms with E-state index in [0.29, 0.717) is 10.8 Å². The van der Waals surface area contributed by atoms with Gasteiger partial charge in [0.25, 0.3) is 0 Å². The van der Waals surface area contributed by atoms with Crippen molar-refractivity contribution in [1.29, 1.82) is 0 Å². The van der Waals surface area contributed by atoms with Gasteiger partial charge in [-0.3, -0.25) is 0 Å². The van der Waals surface area contributed by atoms with Gasteiger partial charge in [0.2, 0.25) is 5.13 Å².